The molecule has 138 valence electrons. The maximum atomic E-state index is 12.5. The third-order valence-electron chi connectivity index (χ3n) is 5.94. The van der Waals surface area contributed by atoms with Crippen LogP contribution in [0.1, 0.15) is 38.7 Å². The summed E-state index contributed by atoms with van der Waals surface area (Å²) < 4.78 is 0. The van der Waals surface area contributed by atoms with Crippen molar-refractivity contribution in [2.24, 2.45) is 5.92 Å². The molecule has 0 aliphatic carbocycles. The number of hydrogen-bond donors (Lipinski definition) is 2. The number of hydrogen-bond acceptors (Lipinski definition) is 3. The Kier molecular flexibility index (Phi) is 5.64. The highest BCUT2D eigenvalue weighted by Crippen LogP contribution is 2.30. The van der Waals surface area contributed by atoms with Crippen LogP contribution in [0, 0.1) is 5.92 Å². The van der Waals surface area contributed by atoms with E-state index in [1.807, 2.05) is 17.9 Å². The lowest BCUT2D eigenvalue weighted by Gasteiger charge is -2.36. The summed E-state index contributed by atoms with van der Waals surface area (Å²) in [5.74, 6) is 0.211. The number of carbonyl (C=O) groups excluding carboxylic acids is 1. The molecule has 1 aromatic rings. The van der Waals surface area contributed by atoms with Crippen molar-refractivity contribution in [3.63, 3.8) is 0 Å². The molecule has 2 saturated heterocycles. The summed E-state index contributed by atoms with van der Waals surface area (Å²) in [5, 5.41) is 12.9. The van der Waals surface area contributed by atoms with Gasteiger partial charge in [0.2, 0.25) is 0 Å². The predicted molar refractivity (Wildman–Crippen MR) is 99.3 cm³/mol. The van der Waals surface area contributed by atoms with E-state index in [0.717, 1.165) is 32.5 Å². The SMILES string of the molecule is CC(O)C1CCN(C(=O)NCC2(C)CCCN2Cc2ccccc2)C1. The fourth-order valence-corrected chi connectivity index (χ4v) is 4.10. The van der Waals surface area contributed by atoms with Crippen molar-refractivity contribution in [3.8, 4) is 0 Å². The lowest BCUT2D eigenvalue weighted by molar-refractivity contribution is 0.126. The van der Waals surface area contributed by atoms with Crippen LogP contribution in [-0.2, 0) is 6.54 Å². The Morgan fingerprint density at radius 2 is 2.12 bits per heavy atom. The van der Waals surface area contributed by atoms with Gasteiger partial charge in [-0.05, 0) is 45.2 Å². The van der Waals surface area contributed by atoms with Gasteiger partial charge in [-0.15, -0.1) is 0 Å². The van der Waals surface area contributed by atoms with Crippen molar-refractivity contribution in [3.05, 3.63) is 35.9 Å². The normalized spacial score (nSPS) is 28.3. The molecule has 1 aromatic carbocycles. The Morgan fingerprint density at radius 1 is 1.36 bits per heavy atom. The van der Waals surface area contributed by atoms with Crippen LogP contribution in [-0.4, -0.2) is 58.8 Å². The quantitative estimate of drug-likeness (QED) is 0.862. The molecule has 2 aliphatic rings. The summed E-state index contributed by atoms with van der Waals surface area (Å²) >= 11 is 0. The van der Waals surface area contributed by atoms with E-state index in [4.69, 9.17) is 0 Å². The van der Waals surface area contributed by atoms with Crippen molar-refractivity contribution < 1.29 is 9.90 Å². The van der Waals surface area contributed by atoms with Gasteiger partial charge in [-0.3, -0.25) is 4.90 Å². The Balaban J connectivity index is 1.53. The molecule has 2 N–H and O–H groups in total. The van der Waals surface area contributed by atoms with Crippen LogP contribution in [0.2, 0.25) is 0 Å². The minimum absolute atomic E-state index is 0.00883. The van der Waals surface area contributed by atoms with Crippen LogP contribution in [0.25, 0.3) is 0 Å². The molecule has 0 radical (unpaired) electrons. The predicted octanol–water partition coefficient (Wildman–Crippen LogP) is 2.45. The fourth-order valence-electron chi connectivity index (χ4n) is 4.10. The van der Waals surface area contributed by atoms with E-state index < -0.39 is 0 Å². The van der Waals surface area contributed by atoms with E-state index in [2.05, 4.69) is 41.4 Å². The van der Waals surface area contributed by atoms with Crippen LogP contribution in [0.3, 0.4) is 0 Å². The third-order valence-corrected chi connectivity index (χ3v) is 5.94. The highest BCUT2D eigenvalue weighted by Gasteiger charge is 2.37. The molecule has 3 rings (SSSR count). The maximum Gasteiger partial charge on any atom is 0.317 e. The second-order valence-electron chi connectivity index (χ2n) is 7.90. The molecule has 5 nitrogen and oxygen atoms in total. The second kappa shape index (κ2) is 7.75. The number of aliphatic hydroxyl groups is 1. The summed E-state index contributed by atoms with van der Waals surface area (Å²) in [6.45, 7) is 8.16. The van der Waals surface area contributed by atoms with Gasteiger partial charge in [-0.25, -0.2) is 4.79 Å². The number of carbonyl (C=O) groups is 1. The first-order valence-electron chi connectivity index (χ1n) is 9.48. The molecule has 0 spiro atoms. The number of urea groups is 1. The topological polar surface area (TPSA) is 55.8 Å². The highest BCUT2D eigenvalue weighted by atomic mass is 16.3. The molecule has 2 fully saturated rings. The lowest BCUT2D eigenvalue weighted by atomic mass is 9.98. The smallest absolute Gasteiger partial charge is 0.317 e. The van der Waals surface area contributed by atoms with Gasteiger partial charge in [0.25, 0.3) is 0 Å². The molecule has 0 saturated carbocycles. The van der Waals surface area contributed by atoms with Gasteiger partial charge in [0.1, 0.15) is 0 Å². The monoisotopic (exact) mass is 345 g/mol. The Labute approximate surface area is 151 Å². The van der Waals surface area contributed by atoms with E-state index in [9.17, 15) is 9.90 Å². The zero-order valence-electron chi connectivity index (χ0n) is 15.4. The van der Waals surface area contributed by atoms with Crippen LogP contribution >= 0.6 is 0 Å². The number of benzene rings is 1. The van der Waals surface area contributed by atoms with E-state index in [0.29, 0.717) is 13.1 Å². The van der Waals surface area contributed by atoms with Crippen LogP contribution < -0.4 is 5.32 Å². The molecule has 3 atom stereocenters. The van der Waals surface area contributed by atoms with Gasteiger partial charge in [0.05, 0.1) is 6.10 Å². The number of nitrogens with zero attached hydrogens (tertiary/aromatic N) is 2. The molecule has 2 aliphatic heterocycles. The Morgan fingerprint density at radius 3 is 2.80 bits per heavy atom. The number of rotatable bonds is 5. The number of likely N-dealkylation sites (tertiary alicyclic amines) is 2. The Hall–Kier alpha value is -1.59. The minimum atomic E-state index is -0.341. The lowest BCUT2D eigenvalue weighted by Crippen LogP contribution is -2.51. The van der Waals surface area contributed by atoms with E-state index >= 15 is 0 Å². The summed E-state index contributed by atoms with van der Waals surface area (Å²) in [5.41, 5.74) is 1.33. The molecule has 0 bridgehead atoms. The van der Waals surface area contributed by atoms with Gasteiger partial charge in [-0.1, -0.05) is 30.3 Å². The van der Waals surface area contributed by atoms with Gasteiger partial charge in [0, 0.05) is 37.6 Å². The summed E-state index contributed by atoms with van der Waals surface area (Å²) in [7, 11) is 0. The molecule has 2 heterocycles. The van der Waals surface area contributed by atoms with Gasteiger partial charge in [-0.2, -0.15) is 0 Å². The number of nitrogens with one attached hydrogen (secondary N) is 1. The first-order valence-corrected chi connectivity index (χ1v) is 9.48. The molecule has 0 aromatic heterocycles. The average molecular weight is 345 g/mol. The number of amides is 2. The van der Waals surface area contributed by atoms with Crippen molar-refractivity contribution >= 4 is 6.03 Å². The van der Waals surface area contributed by atoms with Crippen LogP contribution in [0.15, 0.2) is 30.3 Å². The third kappa shape index (κ3) is 4.33. The minimum Gasteiger partial charge on any atom is -0.393 e. The van der Waals surface area contributed by atoms with Gasteiger partial charge in [0.15, 0.2) is 0 Å². The van der Waals surface area contributed by atoms with E-state index in [1.165, 1.54) is 12.0 Å². The van der Waals surface area contributed by atoms with Gasteiger partial charge < -0.3 is 15.3 Å². The second-order valence-corrected chi connectivity index (χ2v) is 7.90. The highest BCUT2D eigenvalue weighted by molar-refractivity contribution is 5.74. The first kappa shape index (κ1) is 18.2. The molecule has 2 amide bonds. The average Bonchev–Trinajstić information content (AvgIpc) is 3.22. The summed E-state index contributed by atoms with van der Waals surface area (Å²) in [6.07, 6.45) is 2.83. The first-order chi connectivity index (χ1) is 12.0. The number of aliphatic hydroxyl groups excluding tert-OH is 1. The van der Waals surface area contributed by atoms with E-state index in [1.54, 1.807) is 0 Å². The van der Waals surface area contributed by atoms with Gasteiger partial charge >= 0.3 is 6.03 Å². The molecule has 25 heavy (non-hydrogen) atoms. The van der Waals surface area contributed by atoms with Crippen LogP contribution in [0.5, 0.6) is 0 Å². The van der Waals surface area contributed by atoms with Crippen LogP contribution in [0.4, 0.5) is 4.79 Å². The van der Waals surface area contributed by atoms with Crippen molar-refractivity contribution in [2.45, 2.75) is 51.3 Å². The largest absolute Gasteiger partial charge is 0.393 e. The van der Waals surface area contributed by atoms with Crippen molar-refractivity contribution in [2.75, 3.05) is 26.2 Å². The zero-order chi connectivity index (χ0) is 17.9. The molecule has 5 heteroatoms. The maximum absolute atomic E-state index is 12.5. The standard InChI is InChI=1S/C20H31N3O2/c1-16(24)18-9-12-22(14-18)19(25)21-15-20(2)10-6-11-23(20)13-17-7-4-3-5-8-17/h3-5,7-8,16,18,24H,6,9-15H2,1-2H3,(H,21,25). The Bertz CT molecular complexity index is 578. The molecule has 3 unspecified atom stereocenters. The van der Waals surface area contributed by atoms with Crippen molar-refractivity contribution in [1.82, 2.24) is 15.1 Å². The van der Waals surface area contributed by atoms with Crippen molar-refractivity contribution in [1.29, 1.82) is 0 Å². The fraction of sp³-hybridized carbons (Fsp3) is 0.650. The summed E-state index contributed by atoms with van der Waals surface area (Å²) in [6, 6.07) is 10.5. The zero-order valence-corrected chi connectivity index (χ0v) is 15.4. The molecular formula is C20H31N3O2. The summed E-state index contributed by atoms with van der Waals surface area (Å²) in [4.78, 5) is 16.8. The molecular weight excluding hydrogens is 314 g/mol. The van der Waals surface area contributed by atoms with E-state index in [-0.39, 0.29) is 23.6 Å².